The Labute approximate surface area is 125 Å². The largest absolute Gasteiger partial charge is 0.342 e. The summed E-state index contributed by atoms with van der Waals surface area (Å²) in [6.45, 7) is 6.70. The van der Waals surface area contributed by atoms with Crippen molar-refractivity contribution in [2.24, 2.45) is 0 Å². The van der Waals surface area contributed by atoms with Gasteiger partial charge in [-0.25, -0.2) is 8.42 Å². The smallest absolute Gasteiger partial charge is 0.250 e. The van der Waals surface area contributed by atoms with Gasteiger partial charge in [0.2, 0.25) is 15.7 Å². The standard InChI is InChI=1S/C13H22N4O3S/c1-4-17-11(3)14-15-13(17)21(19,20)10(2)12(18)16-8-6-5-7-9-16/h10H,4-9H2,1-3H3. The number of carbonyl (C=O) groups is 1. The van der Waals surface area contributed by atoms with Crippen LogP contribution in [0.2, 0.25) is 0 Å². The molecule has 2 rings (SSSR count). The third kappa shape index (κ3) is 2.95. The summed E-state index contributed by atoms with van der Waals surface area (Å²) in [4.78, 5) is 14.1. The number of aryl methyl sites for hydroxylation is 1. The normalized spacial score (nSPS) is 17.8. The summed E-state index contributed by atoms with van der Waals surface area (Å²) < 4.78 is 26.8. The lowest BCUT2D eigenvalue weighted by molar-refractivity contribution is -0.131. The van der Waals surface area contributed by atoms with Crippen molar-refractivity contribution >= 4 is 15.7 Å². The molecular formula is C13H22N4O3S. The lowest BCUT2D eigenvalue weighted by Crippen LogP contribution is -2.44. The third-order valence-electron chi connectivity index (χ3n) is 3.95. The summed E-state index contributed by atoms with van der Waals surface area (Å²) in [6.07, 6.45) is 2.96. The van der Waals surface area contributed by atoms with Crippen molar-refractivity contribution in [1.82, 2.24) is 19.7 Å². The molecule has 21 heavy (non-hydrogen) atoms. The second kappa shape index (κ2) is 6.13. The number of hydrogen-bond donors (Lipinski definition) is 0. The second-order valence-electron chi connectivity index (χ2n) is 5.35. The van der Waals surface area contributed by atoms with E-state index in [9.17, 15) is 13.2 Å². The van der Waals surface area contributed by atoms with Crippen LogP contribution in [0, 0.1) is 6.92 Å². The molecule has 1 aromatic heterocycles. The van der Waals surface area contributed by atoms with Crippen LogP contribution in [0.5, 0.6) is 0 Å². The van der Waals surface area contributed by atoms with Gasteiger partial charge in [-0.3, -0.25) is 4.79 Å². The van der Waals surface area contributed by atoms with Crippen LogP contribution in [0.3, 0.4) is 0 Å². The van der Waals surface area contributed by atoms with E-state index in [-0.39, 0.29) is 11.1 Å². The van der Waals surface area contributed by atoms with E-state index in [0.29, 0.717) is 25.5 Å². The van der Waals surface area contributed by atoms with Gasteiger partial charge in [-0.15, -0.1) is 10.2 Å². The lowest BCUT2D eigenvalue weighted by Gasteiger charge is -2.28. The van der Waals surface area contributed by atoms with Crippen LogP contribution in [0.25, 0.3) is 0 Å². The monoisotopic (exact) mass is 314 g/mol. The molecule has 0 saturated carbocycles. The maximum Gasteiger partial charge on any atom is 0.250 e. The molecule has 0 N–H and O–H groups in total. The minimum atomic E-state index is -3.81. The Morgan fingerprint density at radius 3 is 2.43 bits per heavy atom. The molecule has 118 valence electrons. The molecule has 1 amide bonds. The fraction of sp³-hybridized carbons (Fsp3) is 0.769. The van der Waals surface area contributed by atoms with Crippen LogP contribution in [0.1, 0.15) is 38.9 Å². The highest BCUT2D eigenvalue weighted by atomic mass is 32.2. The Morgan fingerprint density at radius 2 is 1.86 bits per heavy atom. The van der Waals surface area contributed by atoms with Gasteiger partial charge in [-0.05, 0) is 40.0 Å². The summed E-state index contributed by atoms with van der Waals surface area (Å²) in [5.41, 5.74) is 0. The number of likely N-dealkylation sites (tertiary alicyclic amines) is 1. The van der Waals surface area contributed by atoms with E-state index in [4.69, 9.17) is 0 Å². The molecule has 1 atom stereocenters. The number of sulfone groups is 1. The minimum Gasteiger partial charge on any atom is -0.342 e. The van der Waals surface area contributed by atoms with E-state index in [0.717, 1.165) is 19.3 Å². The van der Waals surface area contributed by atoms with E-state index in [1.165, 1.54) is 11.5 Å². The first kappa shape index (κ1) is 15.9. The number of hydrogen-bond acceptors (Lipinski definition) is 5. The van der Waals surface area contributed by atoms with Crippen molar-refractivity contribution in [1.29, 1.82) is 0 Å². The SMILES string of the molecule is CCn1c(C)nnc1S(=O)(=O)C(C)C(=O)N1CCCCC1. The Balaban J connectivity index is 2.27. The summed E-state index contributed by atoms with van der Waals surface area (Å²) in [5, 5.41) is 6.35. The summed E-state index contributed by atoms with van der Waals surface area (Å²) in [5.74, 6) is 0.201. The summed E-state index contributed by atoms with van der Waals surface area (Å²) in [7, 11) is -3.81. The topological polar surface area (TPSA) is 85.2 Å². The second-order valence-corrected chi connectivity index (χ2v) is 7.51. The molecule has 0 spiro atoms. The lowest BCUT2D eigenvalue weighted by atomic mass is 10.1. The molecule has 0 aliphatic carbocycles. The number of nitrogens with zero attached hydrogens (tertiary/aromatic N) is 4. The molecule has 1 saturated heterocycles. The molecule has 0 bridgehead atoms. The van der Waals surface area contributed by atoms with Crippen molar-refractivity contribution in [2.75, 3.05) is 13.1 Å². The fourth-order valence-electron chi connectivity index (χ4n) is 2.60. The Kier molecular flexibility index (Phi) is 4.65. The highest BCUT2D eigenvalue weighted by Crippen LogP contribution is 2.19. The van der Waals surface area contributed by atoms with Gasteiger partial charge in [-0.1, -0.05) is 0 Å². The third-order valence-corrected chi connectivity index (χ3v) is 5.90. The minimum absolute atomic E-state index is 0.111. The molecule has 1 unspecified atom stereocenters. The molecule has 1 aliphatic heterocycles. The maximum atomic E-state index is 12.6. The van der Waals surface area contributed by atoms with Gasteiger partial charge in [0.15, 0.2) is 0 Å². The number of rotatable bonds is 4. The first-order chi connectivity index (χ1) is 9.89. The Morgan fingerprint density at radius 1 is 1.24 bits per heavy atom. The predicted molar refractivity (Wildman–Crippen MR) is 77.5 cm³/mol. The quantitative estimate of drug-likeness (QED) is 0.820. The van der Waals surface area contributed by atoms with Gasteiger partial charge in [-0.2, -0.15) is 0 Å². The number of piperidine rings is 1. The van der Waals surface area contributed by atoms with Crippen molar-refractivity contribution in [3.63, 3.8) is 0 Å². The van der Waals surface area contributed by atoms with Gasteiger partial charge in [0, 0.05) is 19.6 Å². The van der Waals surface area contributed by atoms with Crippen molar-refractivity contribution in [3.05, 3.63) is 5.82 Å². The van der Waals surface area contributed by atoms with Gasteiger partial charge in [0.1, 0.15) is 11.1 Å². The van der Waals surface area contributed by atoms with Crippen LogP contribution in [-0.2, 0) is 21.2 Å². The van der Waals surface area contributed by atoms with Gasteiger partial charge in [0.05, 0.1) is 0 Å². The van der Waals surface area contributed by atoms with Crippen LogP contribution in [0.15, 0.2) is 5.16 Å². The zero-order valence-corrected chi connectivity index (χ0v) is 13.6. The molecular weight excluding hydrogens is 292 g/mol. The summed E-state index contributed by atoms with van der Waals surface area (Å²) >= 11 is 0. The van der Waals surface area contributed by atoms with Crippen molar-refractivity contribution in [2.45, 2.75) is 57.0 Å². The highest BCUT2D eigenvalue weighted by molar-refractivity contribution is 7.92. The zero-order chi connectivity index (χ0) is 15.6. The van der Waals surface area contributed by atoms with Crippen LogP contribution in [-0.4, -0.2) is 52.3 Å². The van der Waals surface area contributed by atoms with Crippen molar-refractivity contribution < 1.29 is 13.2 Å². The molecule has 2 heterocycles. The number of amides is 1. The first-order valence-corrected chi connectivity index (χ1v) is 8.86. The van der Waals surface area contributed by atoms with Crippen LogP contribution in [0.4, 0.5) is 0 Å². The fourth-order valence-corrected chi connectivity index (χ4v) is 4.05. The summed E-state index contributed by atoms with van der Waals surface area (Å²) in [6, 6.07) is 0. The zero-order valence-electron chi connectivity index (χ0n) is 12.7. The highest BCUT2D eigenvalue weighted by Gasteiger charge is 2.37. The average molecular weight is 314 g/mol. The van der Waals surface area contributed by atoms with E-state index < -0.39 is 15.1 Å². The molecule has 8 heteroatoms. The van der Waals surface area contributed by atoms with Crippen molar-refractivity contribution in [3.8, 4) is 0 Å². The van der Waals surface area contributed by atoms with E-state index in [1.54, 1.807) is 11.8 Å². The van der Waals surface area contributed by atoms with Gasteiger partial charge >= 0.3 is 0 Å². The number of carbonyl (C=O) groups excluding carboxylic acids is 1. The molecule has 7 nitrogen and oxygen atoms in total. The molecule has 0 aromatic carbocycles. The molecule has 1 fully saturated rings. The van der Waals surface area contributed by atoms with E-state index in [2.05, 4.69) is 10.2 Å². The van der Waals surface area contributed by atoms with Crippen LogP contribution >= 0.6 is 0 Å². The Hall–Kier alpha value is -1.44. The molecule has 1 aromatic rings. The molecule has 0 radical (unpaired) electrons. The van der Waals surface area contributed by atoms with E-state index >= 15 is 0 Å². The van der Waals surface area contributed by atoms with Gasteiger partial charge in [0.25, 0.3) is 5.16 Å². The van der Waals surface area contributed by atoms with Crippen LogP contribution < -0.4 is 0 Å². The predicted octanol–water partition coefficient (Wildman–Crippen LogP) is 0.781. The maximum absolute atomic E-state index is 12.6. The average Bonchev–Trinajstić information content (AvgIpc) is 2.88. The molecule has 1 aliphatic rings. The van der Waals surface area contributed by atoms with Gasteiger partial charge < -0.3 is 9.47 Å². The first-order valence-electron chi connectivity index (χ1n) is 7.32. The Bertz CT molecular complexity index is 617. The number of aromatic nitrogens is 3. The van der Waals surface area contributed by atoms with E-state index in [1.807, 2.05) is 6.92 Å².